The summed E-state index contributed by atoms with van der Waals surface area (Å²) in [6, 6.07) is 6.93. The van der Waals surface area contributed by atoms with Crippen LogP contribution in [0.2, 0.25) is 0 Å². The van der Waals surface area contributed by atoms with Crippen LogP contribution in [0.1, 0.15) is 34.8 Å². The van der Waals surface area contributed by atoms with Gasteiger partial charge in [-0.1, -0.05) is 12.1 Å². The van der Waals surface area contributed by atoms with Gasteiger partial charge in [0.1, 0.15) is 11.5 Å². The van der Waals surface area contributed by atoms with E-state index in [-0.39, 0.29) is 23.7 Å². The van der Waals surface area contributed by atoms with Gasteiger partial charge >= 0.3 is 0 Å². The zero-order valence-corrected chi connectivity index (χ0v) is 14.4. The van der Waals surface area contributed by atoms with E-state index >= 15 is 0 Å². The van der Waals surface area contributed by atoms with Gasteiger partial charge in [0.05, 0.1) is 6.20 Å². The number of hydrogen-bond acceptors (Lipinski definition) is 5. The summed E-state index contributed by atoms with van der Waals surface area (Å²) in [5.74, 6) is 0.302. The largest absolute Gasteiger partial charge is 0.337 e. The number of halogens is 1. The van der Waals surface area contributed by atoms with Crippen molar-refractivity contribution in [1.29, 1.82) is 0 Å². The van der Waals surface area contributed by atoms with E-state index in [9.17, 15) is 9.18 Å². The molecule has 7 heteroatoms. The Morgan fingerprint density at radius 1 is 1.23 bits per heavy atom. The second-order valence-corrected chi connectivity index (χ2v) is 6.95. The summed E-state index contributed by atoms with van der Waals surface area (Å²) in [4.78, 5) is 22.7. The quantitative estimate of drug-likeness (QED) is 0.878. The first kappa shape index (κ1) is 17.1. The molecule has 1 aromatic carbocycles. The number of piperidine rings is 1. The van der Waals surface area contributed by atoms with Gasteiger partial charge in [-0.25, -0.2) is 9.37 Å². The summed E-state index contributed by atoms with van der Waals surface area (Å²) >= 11 is 0. The van der Waals surface area contributed by atoms with Crippen molar-refractivity contribution >= 4 is 5.91 Å². The molecule has 2 fully saturated rings. The molecule has 1 aromatic heterocycles. The number of benzene rings is 1. The Labute approximate surface area is 151 Å². The van der Waals surface area contributed by atoms with Crippen LogP contribution in [0.25, 0.3) is 0 Å². The number of carbonyl (C=O) groups excluding carboxylic acids is 1. The lowest BCUT2D eigenvalue weighted by atomic mass is 9.81. The van der Waals surface area contributed by atoms with Gasteiger partial charge in [-0.05, 0) is 36.5 Å². The van der Waals surface area contributed by atoms with Crippen molar-refractivity contribution in [2.45, 2.75) is 24.8 Å². The van der Waals surface area contributed by atoms with Crippen LogP contribution in [0.5, 0.6) is 0 Å². The number of rotatable bonds is 3. The van der Waals surface area contributed by atoms with E-state index < -0.39 is 0 Å². The molecule has 0 spiro atoms. The van der Waals surface area contributed by atoms with Crippen LogP contribution in [-0.2, 0) is 0 Å². The van der Waals surface area contributed by atoms with Crippen LogP contribution >= 0.6 is 0 Å². The monoisotopic (exact) mass is 355 g/mol. The third kappa shape index (κ3) is 3.45. The number of likely N-dealkylation sites (tertiary alicyclic amines) is 1. The molecule has 6 nitrogen and oxygen atoms in total. The van der Waals surface area contributed by atoms with Crippen molar-refractivity contribution in [2.75, 3.05) is 19.6 Å². The van der Waals surface area contributed by atoms with Gasteiger partial charge in [-0.15, -0.1) is 0 Å². The second-order valence-electron chi connectivity index (χ2n) is 6.95. The maximum Gasteiger partial charge on any atom is 0.274 e. The highest BCUT2D eigenvalue weighted by molar-refractivity contribution is 5.92. The van der Waals surface area contributed by atoms with E-state index in [2.05, 4.69) is 20.8 Å². The summed E-state index contributed by atoms with van der Waals surface area (Å²) in [6.45, 7) is 2.23. The first-order valence-corrected chi connectivity index (χ1v) is 9.01. The molecule has 2 aliphatic heterocycles. The molecular weight excluding hydrogens is 333 g/mol. The zero-order chi connectivity index (χ0) is 17.9. The Morgan fingerprint density at radius 2 is 2.08 bits per heavy atom. The fourth-order valence-electron chi connectivity index (χ4n) is 4.05. The zero-order valence-electron chi connectivity index (χ0n) is 14.4. The SMILES string of the molecule is O=C(c1cnccn1)N1CCCC(C2NNCC2c2ccc(F)cc2)C1. The fraction of sp³-hybridized carbons (Fsp3) is 0.421. The van der Waals surface area contributed by atoms with Crippen LogP contribution in [-0.4, -0.2) is 46.5 Å². The summed E-state index contributed by atoms with van der Waals surface area (Å²) in [5.41, 5.74) is 8.12. The molecule has 1 amide bonds. The van der Waals surface area contributed by atoms with Crippen LogP contribution in [0, 0.1) is 11.7 Å². The molecular formula is C19H22FN5O. The van der Waals surface area contributed by atoms with E-state index in [1.807, 2.05) is 17.0 Å². The van der Waals surface area contributed by atoms with E-state index in [1.54, 1.807) is 12.4 Å². The number of nitrogens with one attached hydrogen (secondary N) is 2. The topological polar surface area (TPSA) is 70.2 Å². The lowest BCUT2D eigenvalue weighted by Gasteiger charge is -2.37. The molecule has 4 rings (SSSR count). The molecule has 2 aromatic rings. The standard InChI is InChI=1S/C19H22FN5O/c20-15-5-3-13(4-6-15)16-10-23-24-18(16)14-2-1-9-25(12-14)19(26)17-11-21-7-8-22-17/h3-8,11,14,16,18,23-24H,1-2,9-10,12H2. The van der Waals surface area contributed by atoms with Gasteiger partial charge in [0, 0.05) is 44.0 Å². The molecule has 26 heavy (non-hydrogen) atoms. The minimum absolute atomic E-state index is 0.0629. The lowest BCUT2D eigenvalue weighted by molar-refractivity contribution is 0.0638. The van der Waals surface area contributed by atoms with E-state index in [4.69, 9.17) is 0 Å². The molecule has 0 radical (unpaired) electrons. The molecule has 3 unspecified atom stereocenters. The Morgan fingerprint density at radius 3 is 2.85 bits per heavy atom. The Bertz CT molecular complexity index is 754. The summed E-state index contributed by atoms with van der Waals surface area (Å²) in [7, 11) is 0. The van der Waals surface area contributed by atoms with Gasteiger partial charge in [0.15, 0.2) is 0 Å². The second kappa shape index (κ2) is 7.47. The van der Waals surface area contributed by atoms with Crippen LogP contribution in [0.3, 0.4) is 0 Å². The van der Waals surface area contributed by atoms with Crippen molar-refractivity contribution in [1.82, 2.24) is 25.7 Å². The summed E-state index contributed by atoms with van der Waals surface area (Å²) < 4.78 is 13.2. The van der Waals surface area contributed by atoms with Crippen molar-refractivity contribution in [3.8, 4) is 0 Å². The minimum atomic E-state index is -0.220. The molecule has 2 aliphatic rings. The molecule has 2 saturated heterocycles. The highest BCUT2D eigenvalue weighted by Gasteiger charge is 2.37. The predicted octanol–water partition coefficient (Wildman–Crippen LogP) is 1.73. The van der Waals surface area contributed by atoms with Crippen LogP contribution in [0.4, 0.5) is 4.39 Å². The van der Waals surface area contributed by atoms with E-state index in [1.165, 1.54) is 18.3 Å². The third-order valence-electron chi connectivity index (χ3n) is 5.36. The smallest absolute Gasteiger partial charge is 0.274 e. The van der Waals surface area contributed by atoms with Crippen molar-refractivity contribution in [3.63, 3.8) is 0 Å². The van der Waals surface area contributed by atoms with Crippen LogP contribution < -0.4 is 10.9 Å². The van der Waals surface area contributed by atoms with Crippen molar-refractivity contribution in [3.05, 3.63) is 59.9 Å². The summed E-state index contributed by atoms with van der Waals surface area (Å²) in [5, 5.41) is 0. The highest BCUT2D eigenvalue weighted by atomic mass is 19.1. The maximum atomic E-state index is 13.2. The number of carbonyl (C=O) groups is 1. The molecule has 2 N–H and O–H groups in total. The molecule has 0 bridgehead atoms. The highest BCUT2D eigenvalue weighted by Crippen LogP contribution is 2.32. The Kier molecular flexibility index (Phi) is 4.90. The Balaban J connectivity index is 1.48. The van der Waals surface area contributed by atoms with Gasteiger partial charge in [0.25, 0.3) is 5.91 Å². The summed E-state index contributed by atoms with van der Waals surface area (Å²) in [6.07, 6.45) is 6.65. The fourth-order valence-corrected chi connectivity index (χ4v) is 4.05. The lowest BCUT2D eigenvalue weighted by Crippen LogP contribution is -2.48. The van der Waals surface area contributed by atoms with E-state index in [0.717, 1.165) is 31.5 Å². The van der Waals surface area contributed by atoms with Gasteiger partial charge in [0.2, 0.25) is 0 Å². The number of aromatic nitrogens is 2. The average Bonchev–Trinajstić information content (AvgIpc) is 3.19. The molecule has 0 saturated carbocycles. The predicted molar refractivity (Wildman–Crippen MR) is 94.7 cm³/mol. The Hall–Kier alpha value is -2.38. The van der Waals surface area contributed by atoms with Gasteiger partial charge in [-0.3, -0.25) is 20.6 Å². The normalized spacial score (nSPS) is 26.0. The molecule has 3 atom stereocenters. The molecule has 3 heterocycles. The first-order valence-electron chi connectivity index (χ1n) is 9.01. The van der Waals surface area contributed by atoms with Crippen molar-refractivity contribution < 1.29 is 9.18 Å². The van der Waals surface area contributed by atoms with Gasteiger partial charge < -0.3 is 4.90 Å². The van der Waals surface area contributed by atoms with E-state index in [0.29, 0.717) is 18.2 Å². The third-order valence-corrected chi connectivity index (χ3v) is 5.36. The minimum Gasteiger partial charge on any atom is -0.337 e. The van der Waals surface area contributed by atoms with Gasteiger partial charge in [-0.2, -0.15) is 0 Å². The number of amides is 1. The molecule has 136 valence electrons. The maximum absolute atomic E-state index is 13.2. The molecule has 0 aliphatic carbocycles. The number of hydrazine groups is 1. The number of hydrogen-bond donors (Lipinski definition) is 2. The number of nitrogens with zero attached hydrogens (tertiary/aromatic N) is 3. The van der Waals surface area contributed by atoms with Crippen LogP contribution in [0.15, 0.2) is 42.9 Å². The van der Waals surface area contributed by atoms with Crippen molar-refractivity contribution in [2.24, 2.45) is 5.92 Å². The first-order chi connectivity index (χ1) is 12.7. The average molecular weight is 355 g/mol.